The van der Waals surface area contributed by atoms with Crippen LogP contribution in [0.2, 0.25) is 0 Å². The molecule has 4 rings (SSSR count). The van der Waals surface area contributed by atoms with Gasteiger partial charge in [0.05, 0.1) is 16.5 Å². The second kappa shape index (κ2) is 7.15. The third kappa shape index (κ3) is 3.32. The maximum Gasteiger partial charge on any atom is 0.265 e. The first kappa shape index (κ1) is 17.7. The maximum absolute atomic E-state index is 12.7. The molecule has 0 aliphatic heterocycles. The van der Waals surface area contributed by atoms with E-state index in [0.717, 1.165) is 11.3 Å². The summed E-state index contributed by atoms with van der Waals surface area (Å²) in [5.41, 5.74) is 3.49. The molecule has 0 bridgehead atoms. The van der Waals surface area contributed by atoms with Crippen LogP contribution in [0.3, 0.4) is 0 Å². The van der Waals surface area contributed by atoms with Gasteiger partial charge < -0.3 is 10.2 Å². The molecule has 0 aliphatic rings. The molecule has 2 aromatic heterocycles. The lowest BCUT2D eigenvalue weighted by molar-refractivity contribution is 0.0950. The molecule has 140 valence electrons. The standard InChI is InChI=1S/C22H20N4O2/c1-25(2)17-10-7-15(8-11-17)13-23-21(27)16-9-12-20-24-19-6-4-3-5-18(19)22(28)26(20)14-16/h3-12,14H,13H2,1-2H3,(H,23,27). The van der Waals surface area contributed by atoms with E-state index in [0.29, 0.717) is 28.7 Å². The number of nitrogens with zero attached hydrogens (tertiary/aromatic N) is 3. The Morgan fingerprint density at radius 2 is 1.79 bits per heavy atom. The Morgan fingerprint density at radius 3 is 2.54 bits per heavy atom. The highest BCUT2D eigenvalue weighted by atomic mass is 16.1. The number of fused-ring (bicyclic) bond motifs is 2. The first-order chi connectivity index (χ1) is 13.5. The Kier molecular flexibility index (Phi) is 4.53. The van der Waals surface area contributed by atoms with Gasteiger partial charge in [-0.25, -0.2) is 4.98 Å². The molecule has 4 aromatic rings. The van der Waals surface area contributed by atoms with Crippen molar-refractivity contribution in [3.8, 4) is 0 Å². The van der Waals surface area contributed by atoms with Gasteiger partial charge in [-0.2, -0.15) is 0 Å². The fourth-order valence-electron chi connectivity index (χ4n) is 3.08. The largest absolute Gasteiger partial charge is 0.378 e. The van der Waals surface area contributed by atoms with Crippen LogP contribution in [-0.2, 0) is 6.54 Å². The van der Waals surface area contributed by atoms with Crippen LogP contribution in [0.5, 0.6) is 0 Å². The summed E-state index contributed by atoms with van der Waals surface area (Å²) in [6.07, 6.45) is 1.54. The average molecular weight is 372 g/mol. The van der Waals surface area contributed by atoms with Gasteiger partial charge in [0.2, 0.25) is 0 Å². The number of benzene rings is 2. The zero-order chi connectivity index (χ0) is 19.7. The van der Waals surface area contributed by atoms with E-state index in [2.05, 4.69) is 10.3 Å². The molecule has 0 saturated heterocycles. The summed E-state index contributed by atoms with van der Waals surface area (Å²) in [6.45, 7) is 0.412. The van der Waals surface area contributed by atoms with Crippen LogP contribution >= 0.6 is 0 Å². The monoisotopic (exact) mass is 372 g/mol. The molecule has 6 nitrogen and oxygen atoms in total. The van der Waals surface area contributed by atoms with Gasteiger partial charge >= 0.3 is 0 Å². The first-order valence-corrected chi connectivity index (χ1v) is 8.98. The number of hydrogen-bond acceptors (Lipinski definition) is 4. The van der Waals surface area contributed by atoms with E-state index in [1.54, 1.807) is 36.5 Å². The Balaban J connectivity index is 1.58. The van der Waals surface area contributed by atoms with Gasteiger partial charge in [0, 0.05) is 32.5 Å². The van der Waals surface area contributed by atoms with E-state index in [9.17, 15) is 9.59 Å². The predicted octanol–water partition coefficient (Wildman–Crippen LogP) is 2.84. The second-order valence-corrected chi connectivity index (χ2v) is 6.82. The topological polar surface area (TPSA) is 66.7 Å². The molecule has 0 saturated carbocycles. The number of carbonyl (C=O) groups excluding carboxylic acids is 1. The predicted molar refractivity (Wildman–Crippen MR) is 111 cm³/mol. The number of amides is 1. The van der Waals surface area contributed by atoms with Gasteiger partial charge in [0.1, 0.15) is 5.65 Å². The molecule has 2 heterocycles. The van der Waals surface area contributed by atoms with Crippen LogP contribution < -0.4 is 15.8 Å². The Bertz CT molecular complexity index is 1230. The lowest BCUT2D eigenvalue weighted by atomic mass is 10.2. The van der Waals surface area contributed by atoms with E-state index < -0.39 is 0 Å². The lowest BCUT2D eigenvalue weighted by Crippen LogP contribution is -2.24. The van der Waals surface area contributed by atoms with Gasteiger partial charge in [-0.15, -0.1) is 0 Å². The number of rotatable bonds is 4. The van der Waals surface area contributed by atoms with Crippen LogP contribution in [0.25, 0.3) is 16.6 Å². The zero-order valence-electron chi connectivity index (χ0n) is 15.7. The number of anilines is 1. The summed E-state index contributed by atoms with van der Waals surface area (Å²) in [5.74, 6) is -0.237. The maximum atomic E-state index is 12.7. The first-order valence-electron chi connectivity index (χ1n) is 8.98. The summed E-state index contributed by atoms with van der Waals surface area (Å²) >= 11 is 0. The number of carbonyl (C=O) groups is 1. The molecule has 0 unspecified atom stereocenters. The van der Waals surface area contributed by atoms with Crippen molar-refractivity contribution in [2.24, 2.45) is 0 Å². The highest BCUT2D eigenvalue weighted by molar-refractivity contribution is 5.94. The third-order valence-electron chi connectivity index (χ3n) is 4.68. The zero-order valence-corrected chi connectivity index (χ0v) is 15.7. The van der Waals surface area contributed by atoms with E-state index in [-0.39, 0.29) is 11.5 Å². The SMILES string of the molecule is CN(C)c1ccc(CNC(=O)c2ccc3nc4ccccc4c(=O)n3c2)cc1. The number of nitrogens with one attached hydrogen (secondary N) is 1. The number of aromatic nitrogens is 2. The molecule has 0 radical (unpaired) electrons. The Labute approximate surface area is 162 Å². The smallest absolute Gasteiger partial charge is 0.265 e. The van der Waals surface area contributed by atoms with Crippen LogP contribution in [0.1, 0.15) is 15.9 Å². The molecule has 0 aliphatic carbocycles. The van der Waals surface area contributed by atoms with Crippen molar-refractivity contribution < 1.29 is 4.79 Å². The molecule has 0 spiro atoms. The fourth-order valence-corrected chi connectivity index (χ4v) is 3.08. The van der Waals surface area contributed by atoms with Crippen LogP contribution in [0, 0.1) is 0 Å². The molecule has 28 heavy (non-hydrogen) atoms. The molecule has 2 aromatic carbocycles. The van der Waals surface area contributed by atoms with Gasteiger partial charge in [0.15, 0.2) is 0 Å². The second-order valence-electron chi connectivity index (χ2n) is 6.82. The molecular formula is C22H20N4O2. The molecule has 1 N–H and O–H groups in total. The molecule has 1 amide bonds. The normalized spacial score (nSPS) is 10.9. The van der Waals surface area contributed by atoms with E-state index >= 15 is 0 Å². The van der Waals surface area contributed by atoms with Crippen molar-refractivity contribution in [3.63, 3.8) is 0 Å². The average Bonchev–Trinajstić information content (AvgIpc) is 2.72. The van der Waals surface area contributed by atoms with Crippen LogP contribution in [-0.4, -0.2) is 29.4 Å². The quantitative estimate of drug-likeness (QED) is 0.560. The van der Waals surface area contributed by atoms with Crippen molar-refractivity contribution in [3.05, 3.63) is 88.3 Å². The van der Waals surface area contributed by atoms with Crippen LogP contribution in [0.4, 0.5) is 5.69 Å². The Hall–Kier alpha value is -3.67. The minimum Gasteiger partial charge on any atom is -0.378 e. The van der Waals surface area contributed by atoms with Crippen LogP contribution in [0.15, 0.2) is 71.7 Å². The highest BCUT2D eigenvalue weighted by Crippen LogP contribution is 2.13. The minimum atomic E-state index is -0.237. The summed E-state index contributed by atoms with van der Waals surface area (Å²) in [6, 6.07) is 18.5. The van der Waals surface area contributed by atoms with Crippen molar-refractivity contribution in [1.82, 2.24) is 14.7 Å². The molecule has 0 atom stereocenters. The summed E-state index contributed by atoms with van der Waals surface area (Å²) < 4.78 is 1.42. The van der Waals surface area contributed by atoms with Crippen molar-refractivity contribution in [2.45, 2.75) is 6.54 Å². The highest BCUT2D eigenvalue weighted by Gasteiger charge is 2.10. The van der Waals surface area contributed by atoms with Crippen molar-refractivity contribution in [1.29, 1.82) is 0 Å². The minimum absolute atomic E-state index is 0.186. The third-order valence-corrected chi connectivity index (χ3v) is 4.68. The fraction of sp³-hybridized carbons (Fsp3) is 0.136. The summed E-state index contributed by atoms with van der Waals surface area (Å²) in [5, 5.41) is 3.42. The lowest BCUT2D eigenvalue weighted by Gasteiger charge is -2.13. The van der Waals surface area contributed by atoms with Gasteiger partial charge in [-0.3, -0.25) is 14.0 Å². The number of pyridine rings is 1. The number of para-hydroxylation sites is 1. The van der Waals surface area contributed by atoms with E-state index in [4.69, 9.17) is 0 Å². The van der Waals surface area contributed by atoms with Crippen molar-refractivity contribution in [2.75, 3.05) is 19.0 Å². The summed E-state index contributed by atoms with van der Waals surface area (Å²) in [7, 11) is 3.97. The molecule has 0 fully saturated rings. The Morgan fingerprint density at radius 1 is 1.04 bits per heavy atom. The van der Waals surface area contributed by atoms with E-state index in [1.807, 2.05) is 49.3 Å². The number of hydrogen-bond donors (Lipinski definition) is 1. The van der Waals surface area contributed by atoms with E-state index in [1.165, 1.54) is 4.40 Å². The van der Waals surface area contributed by atoms with Gasteiger partial charge in [-0.05, 0) is 42.0 Å². The molecular weight excluding hydrogens is 352 g/mol. The van der Waals surface area contributed by atoms with Crippen molar-refractivity contribution >= 4 is 28.1 Å². The summed E-state index contributed by atoms with van der Waals surface area (Å²) in [4.78, 5) is 31.8. The van der Waals surface area contributed by atoms with Gasteiger partial charge in [0.25, 0.3) is 11.5 Å². The molecule has 6 heteroatoms. The van der Waals surface area contributed by atoms with Gasteiger partial charge in [-0.1, -0.05) is 24.3 Å².